The van der Waals surface area contributed by atoms with E-state index in [1.54, 1.807) is 0 Å². The molecule has 5 rings (SSSR count). The zero-order valence-corrected chi connectivity index (χ0v) is 17.6. The molecule has 3 atom stereocenters. The molecule has 3 unspecified atom stereocenters. The number of hydrogen-bond donors (Lipinski definition) is 1. The van der Waals surface area contributed by atoms with Gasteiger partial charge in [0.1, 0.15) is 0 Å². The highest BCUT2D eigenvalue weighted by molar-refractivity contribution is 5.78. The standard InChI is InChI=1S/C21H26N2O2.C2HF3O2/c1-2-4-18-16(3-1)7-8-17(22-18)13-23-11-12-24-20-10-9-19(23)21(20)25-14-15-5-6-15;3-2(4,5)1(6)7/h1-4,7-8,15,19-21H,5-6,9-14H2;(H,6,7). The number of aliphatic carboxylic acids is 1. The number of carbonyl (C=O) groups is 1. The summed E-state index contributed by atoms with van der Waals surface area (Å²) in [4.78, 5) is 16.3. The summed E-state index contributed by atoms with van der Waals surface area (Å²) in [5, 5.41) is 8.33. The monoisotopic (exact) mass is 452 g/mol. The third-order valence-corrected chi connectivity index (χ3v) is 6.16. The van der Waals surface area contributed by atoms with Gasteiger partial charge in [0.15, 0.2) is 0 Å². The molecule has 2 aliphatic carbocycles. The fourth-order valence-electron chi connectivity index (χ4n) is 4.32. The zero-order chi connectivity index (χ0) is 22.7. The van der Waals surface area contributed by atoms with Crippen LogP contribution >= 0.6 is 0 Å². The van der Waals surface area contributed by atoms with Gasteiger partial charge in [0.25, 0.3) is 0 Å². The lowest BCUT2D eigenvalue weighted by molar-refractivity contribution is -0.192. The Bertz CT molecular complexity index is 935. The van der Waals surface area contributed by atoms with E-state index >= 15 is 0 Å². The van der Waals surface area contributed by atoms with Gasteiger partial charge in [0.2, 0.25) is 0 Å². The maximum atomic E-state index is 10.6. The van der Waals surface area contributed by atoms with Crippen molar-refractivity contribution in [3.63, 3.8) is 0 Å². The van der Waals surface area contributed by atoms with Crippen molar-refractivity contribution in [1.82, 2.24) is 9.88 Å². The zero-order valence-electron chi connectivity index (χ0n) is 17.6. The first-order valence-electron chi connectivity index (χ1n) is 10.9. The summed E-state index contributed by atoms with van der Waals surface area (Å²) >= 11 is 0. The predicted molar refractivity (Wildman–Crippen MR) is 111 cm³/mol. The highest BCUT2D eigenvalue weighted by atomic mass is 19.4. The molecular weight excluding hydrogens is 425 g/mol. The van der Waals surface area contributed by atoms with Crippen molar-refractivity contribution in [3.05, 3.63) is 42.1 Å². The average Bonchev–Trinajstić information content (AvgIpc) is 3.51. The summed E-state index contributed by atoms with van der Waals surface area (Å²) < 4.78 is 44.2. The number of carboxylic acids is 1. The van der Waals surface area contributed by atoms with E-state index in [0.717, 1.165) is 49.9 Å². The molecule has 2 bridgehead atoms. The van der Waals surface area contributed by atoms with Crippen LogP contribution in [0, 0.1) is 5.92 Å². The number of aromatic nitrogens is 1. The van der Waals surface area contributed by atoms with Crippen LogP contribution in [0.4, 0.5) is 13.2 Å². The maximum Gasteiger partial charge on any atom is 0.490 e. The molecular formula is C23H27F3N2O4. The molecule has 1 saturated heterocycles. The minimum Gasteiger partial charge on any atom is -0.475 e. The number of halogens is 3. The Labute approximate surface area is 184 Å². The summed E-state index contributed by atoms with van der Waals surface area (Å²) in [6.45, 7) is 3.58. The van der Waals surface area contributed by atoms with Gasteiger partial charge in [-0.15, -0.1) is 0 Å². The largest absolute Gasteiger partial charge is 0.490 e. The van der Waals surface area contributed by atoms with E-state index in [2.05, 4.69) is 41.3 Å². The lowest BCUT2D eigenvalue weighted by Crippen LogP contribution is -2.43. The Morgan fingerprint density at radius 3 is 2.62 bits per heavy atom. The topological polar surface area (TPSA) is 71.9 Å². The molecule has 0 amide bonds. The quantitative estimate of drug-likeness (QED) is 0.739. The van der Waals surface area contributed by atoms with Crippen LogP contribution in [0.25, 0.3) is 10.9 Å². The van der Waals surface area contributed by atoms with Crippen LogP contribution in [0.1, 0.15) is 31.4 Å². The Morgan fingerprint density at radius 1 is 1.16 bits per heavy atom. The van der Waals surface area contributed by atoms with Gasteiger partial charge in [0.05, 0.1) is 30.0 Å². The van der Waals surface area contributed by atoms with Gasteiger partial charge < -0.3 is 14.6 Å². The second-order valence-electron chi connectivity index (χ2n) is 8.56. The second kappa shape index (κ2) is 9.72. The molecule has 3 fully saturated rings. The molecule has 0 radical (unpaired) electrons. The van der Waals surface area contributed by atoms with Gasteiger partial charge in [-0.05, 0) is 43.7 Å². The van der Waals surface area contributed by atoms with Crippen molar-refractivity contribution < 1.29 is 32.5 Å². The first kappa shape index (κ1) is 22.9. The molecule has 174 valence electrons. The summed E-state index contributed by atoms with van der Waals surface area (Å²) in [5.74, 6) is -1.95. The Hall–Kier alpha value is -2.23. The SMILES string of the molecule is O=C(O)C(F)(F)F.c1ccc2nc(CN3CCOC4CCC3C4OCC3CC3)ccc2c1. The molecule has 32 heavy (non-hydrogen) atoms. The van der Waals surface area contributed by atoms with E-state index in [9.17, 15) is 13.2 Å². The highest BCUT2D eigenvalue weighted by Crippen LogP contribution is 2.35. The number of alkyl halides is 3. The lowest BCUT2D eigenvalue weighted by atomic mass is 10.1. The van der Waals surface area contributed by atoms with Gasteiger partial charge in [0, 0.05) is 31.1 Å². The van der Waals surface area contributed by atoms with Crippen LogP contribution in [0.5, 0.6) is 0 Å². The van der Waals surface area contributed by atoms with Crippen molar-refractivity contribution in [2.24, 2.45) is 5.92 Å². The normalized spacial score (nSPS) is 25.8. The summed E-state index contributed by atoms with van der Waals surface area (Å²) in [7, 11) is 0. The molecule has 2 heterocycles. The van der Waals surface area contributed by atoms with Crippen LogP contribution in [0.2, 0.25) is 0 Å². The number of fused-ring (bicyclic) bond motifs is 3. The van der Waals surface area contributed by atoms with Crippen LogP contribution in [-0.4, -0.2) is 65.1 Å². The maximum absolute atomic E-state index is 10.6. The number of ether oxygens (including phenoxy) is 2. The van der Waals surface area contributed by atoms with E-state index < -0.39 is 12.1 Å². The number of pyridine rings is 1. The molecule has 6 nitrogen and oxygen atoms in total. The number of rotatable bonds is 5. The van der Waals surface area contributed by atoms with Gasteiger partial charge in [-0.3, -0.25) is 9.88 Å². The molecule has 1 N–H and O–H groups in total. The summed E-state index contributed by atoms with van der Waals surface area (Å²) in [6, 6.07) is 13.2. The Balaban J connectivity index is 0.000000307. The first-order chi connectivity index (χ1) is 15.3. The fourth-order valence-corrected chi connectivity index (χ4v) is 4.32. The number of hydrogen-bond acceptors (Lipinski definition) is 5. The van der Waals surface area contributed by atoms with E-state index in [-0.39, 0.29) is 6.10 Å². The average molecular weight is 452 g/mol. The van der Waals surface area contributed by atoms with Crippen molar-refractivity contribution >= 4 is 16.9 Å². The van der Waals surface area contributed by atoms with Crippen molar-refractivity contribution in [1.29, 1.82) is 0 Å². The smallest absolute Gasteiger partial charge is 0.475 e. The molecule has 1 aromatic heterocycles. The molecule has 0 spiro atoms. The number of nitrogens with zero attached hydrogens (tertiary/aromatic N) is 2. The summed E-state index contributed by atoms with van der Waals surface area (Å²) in [6.07, 6.45) is 0.429. The van der Waals surface area contributed by atoms with E-state index in [1.807, 2.05) is 0 Å². The Kier molecular flexibility index (Phi) is 6.97. The first-order valence-corrected chi connectivity index (χ1v) is 10.9. The predicted octanol–water partition coefficient (Wildman–Crippen LogP) is 4.03. The van der Waals surface area contributed by atoms with Gasteiger partial charge in [-0.1, -0.05) is 24.3 Å². The molecule has 2 aromatic rings. The third-order valence-electron chi connectivity index (χ3n) is 6.16. The molecule has 2 saturated carbocycles. The molecule has 1 aromatic carbocycles. The summed E-state index contributed by atoms with van der Waals surface area (Å²) in [5.41, 5.74) is 2.22. The minimum absolute atomic E-state index is 0.239. The second-order valence-corrected chi connectivity index (χ2v) is 8.56. The molecule has 1 aliphatic heterocycles. The van der Waals surface area contributed by atoms with Gasteiger partial charge >= 0.3 is 12.1 Å². The highest BCUT2D eigenvalue weighted by Gasteiger charge is 2.43. The number of benzene rings is 1. The van der Waals surface area contributed by atoms with Crippen LogP contribution in [0.15, 0.2) is 36.4 Å². The number of para-hydroxylation sites is 1. The van der Waals surface area contributed by atoms with E-state index in [1.165, 1.54) is 24.6 Å². The minimum atomic E-state index is -5.08. The van der Waals surface area contributed by atoms with Crippen molar-refractivity contribution in [3.8, 4) is 0 Å². The van der Waals surface area contributed by atoms with Gasteiger partial charge in [-0.25, -0.2) is 4.79 Å². The van der Waals surface area contributed by atoms with Crippen molar-refractivity contribution in [2.45, 2.75) is 56.7 Å². The van der Waals surface area contributed by atoms with E-state index in [4.69, 9.17) is 24.4 Å². The number of carboxylic acid groups (broad SMARTS) is 1. The fraction of sp³-hybridized carbons (Fsp3) is 0.565. The van der Waals surface area contributed by atoms with Crippen LogP contribution < -0.4 is 0 Å². The molecule has 3 aliphatic rings. The van der Waals surface area contributed by atoms with E-state index in [0.29, 0.717) is 12.1 Å². The van der Waals surface area contributed by atoms with Gasteiger partial charge in [-0.2, -0.15) is 13.2 Å². The van der Waals surface area contributed by atoms with Crippen LogP contribution in [-0.2, 0) is 20.8 Å². The van der Waals surface area contributed by atoms with Crippen LogP contribution in [0.3, 0.4) is 0 Å². The third kappa shape index (κ3) is 5.76. The lowest BCUT2D eigenvalue weighted by Gasteiger charge is -2.31. The molecule has 9 heteroatoms. The Morgan fingerprint density at radius 2 is 1.91 bits per heavy atom. The van der Waals surface area contributed by atoms with Crippen molar-refractivity contribution in [2.75, 3.05) is 19.8 Å².